The Balaban J connectivity index is 1.83. The van der Waals surface area contributed by atoms with Gasteiger partial charge in [0.05, 0.1) is 0 Å². The van der Waals surface area contributed by atoms with Gasteiger partial charge in [0.25, 0.3) is 0 Å². The summed E-state index contributed by atoms with van der Waals surface area (Å²) in [5, 5.41) is 9.12. The van der Waals surface area contributed by atoms with Crippen molar-refractivity contribution in [1.29, 1.82) is 0 Å². The van der Waals surface area contributed by atoms with E-state index in [0.717, 1.165) is 25.4 Å². The summed E-state index contributed by atoms with van der Waals surface area (Å²) >= 11 is 1.61. The van der Waals surface area contributed by atoms with E-state index in [2.05, 4.69) is 4.90 Å². The molecule has 0 aromatic heterocycles. The molecule has 1 atom stereocenters. The molecule has 2 rings (SSSR count). The molecule has 2 aliphatic rings. The lowest BCUT2D eigenvalue weighted by atomic mass is 10.2. The van der Waals surface area contributed by atoms with E-state index < -0.39 is 12.0 Å². The predicted octanol–water partition coefficient (Wildman–Crippen LogP) is 0.501. The van der Waals surface area contributed by atoms with E-state index in [1.165, 1.54) is 12.8 Å². The molecule has 18 heavy (non-hydrogen) atoms. The molecule has 1 unspecified atom stereocenters. The van der Waals surface area contributed by atoms with Crippen molar-refractivity contribution < 1.29 is 14.7 Å². The van der Waals surface area contributed by atoms with Gasteiger partial charge in [0.2, 0.25) is 5.91 Å². The van der Waals surface area contributed by atoms with Crippen LogP contribution in [0.2, 0.25) is 0 Å². The smallest absolute Gasteiger partial charge is 0.327 e. The lowest BCUT2D eigenvalue weighted by Gasteiger charge is -2.33. The molecule has 102 valence electrons. The van der Waals surface area contributed by atoms with Gasteiger partial charge in [0.1, 0.15) is 6.04 Å². The monoisotopic (exact) mass is 272 g/mol. The van der Waals surface area contributed by atoms with Crippen LogP contribution in [0.4, 0.5) is 0 Å². The molecule has 0 aromatic rings. The molecule has 0 aromatic carbocycles. The van der Waals surface area contributed by atoms with Gasteiger partial charge in [0, 0.05) is 31.0 Å². The van der Waals surface area contributed by atoms with E-state index in [1.54, 1.807) is 16.7 Å². The number of thioether (sulfide) groups is 1. The average molecular weight is 272 g/mol. The number of carboxylic acids is 1. The summed E-state index contributed by atoms with van der Waals surface area (Å²) in [6, 6.07) is -0.630. The fourth-order valence-corrected chi connectivity index (χ4v) is 3.55. The van der Waals surface area contributed by atoms with Crippen molar-refractivity contribution in [1.82, 2.24) is 9.80 Å². The van der Waals surface area contributed by atoms with Gasteiger partial charge in [0.15, 0.2) is 0 Å². The number of carbonyl (C=O) groups excluding carboxylic acids is 1. The number of carbonyl (C=O) groups is 2. The molecular weight excluding hydrogens is 252 g/mol. The lowest BCUT2D eigenvalue weighted by Crippen LogP contribution is -2.50. The molecule has 2 heterocycles. The average Bonchev–Trinajstić information content (AvgIpc) is 2.89. The van der Waals surface area contributed by atoms with Gasteiger partial charge in [-0.25, -0.2) is 4.79 Å². The summed E-state index contributed by atoms with van der Waals surface area (Å²) in [5.41, 5.74) is 0. The summed E-state index contributed by atoms with van der Waals surface area (Å²) in [6.07, 6.45) is 2.88. The van der Waals surface area contributed by atoms with E-state index in [9.17, 15) is 9.59 Å². The number of likely N-dealkylation sites (tertiary alicyclic amines) is 1. The summed E-state index contributed by atoms with van der Waals surface area (Å²) in [4.78, 5) is 27.0. The number of nitrogens with zero attached hydrogens (tertiary/aromatic N) is 2. The highest BCUT2D eigenvalue weighted by Crippen LogP contribution is 2.18. The van der Waals surface area contributed by atoms with Crippen molar-refractivity contribution in [3.8, 4) is 0 Å². The molecular formula is C12H20N2O3S. The molecule has 0 aliphatic carbocycles. The third-order valence-electron chi connectivity index (χ3n) is 3.57. The largest absolute Gasteiger partial charge is 0.480 e. The number of aliphatic carboxylic acids is 1. The molecule has 1 N–H and O–H groups in total. The topological polar surface area (TPSA) is 60.9 Å². The van der Waals surface area contributed by atoms with E-state index >= 15 is 0 Å². The van der Waals surface area contributed by atoms with Gasteiger partial charge < -0.3 is 14.9 Å². The fraction of sp³-hybridized carbons (Fsp3) is 0.833. The highest BCUT2D eigenvalue weighted by Gasteiger charge is 2.32. The second-order valence-electron chi connectivity index (χ2n) is 4.81. The van der Waals surface area contributed by atoms with Gasteiger partial charge in [-0.1, -0.05) is 0 Å². The Morgan fingerprint density at radius 1 is 1.22 bits per heavy atom. The first kappa shape index (κ1) is 13.7. The van der Waals surface area contributed by atoms with Gasteiger partial charge in [-0.05, 0) is 25.9 Å². The molecule has 5 nitrogen and oxygen atoms in total. The maximum Gasteiger partial charge on any atom is 0.327 e. The number of hydrogen-bond acceptors (Lipinski definition) is 4. The normalized spacial score (nSPS) is 25.3. The van der Waals surface area contributed by atoms with Crippen molar-refractivity contribution in [3.63, 3.8) is 0 Å². The molecule has 0 saturated carbocycles. The maximum absolute atomic E-state index is 12.1. The molecule has 0 radical (unpaired) electrons. The Morgan fingerprint density at radius 2 is 1.94 bits per heavy atom. The Labute approximate surface area is 112 Å². The van der Waals surface area contributed by atoms with Gasteiger partial charge >= 0.3 is 5.97 Å². The zero-order valence-electron chi connectivity index (χ0n) is 10.5. The van der Waals surface area contributed by atoms with Crippen LogP contribution in [0, 0.1) is 0 Å². The van der Waals surface area contributed by atoms with E-state index in [1.807, 2.05) is 0 Å². The number of amides is 1. The molecule has 0 spiro atoms. The van der Waals surface area contributed by atoms with Crippen LogP contribution < -0.4 is 0 Å². The fourth-order valence-electron chi connectivity index (χ4n) is 2.51. The van der Waals surface area contributed by atoms with E-state index in [-0.39, 0.29) is 5.91 Å². The van der Waals surface area contributed by atoms with Gasteiger partial charge in [-0.3, -0.25) is 4.79 Å². The Hall–Kier alpha value is -0.750. The van der Waals surface area contributed by atoms with Crippen molar-refractivity contribution in [2.75, 3.05) is 37.7 Å². The van der Waals surface area contributed by atoms with Crippen molar-refractivity contribution in [2.24, 2.45) is 0 Å². The minimum Gasteiger partial charge on any atom is -0.480 e. The quantitative estimate of drug-likeness (QED) is 0.807. The second kappa shape index (κ2) is 6.43. The van der Waals surface area contributed by atoms with E-state index in [0.29, 0.717) is 18.7 Å². The molecule has 2 saturated heterocycles. The summed E-state index contributed by atoms with van der Waals surface area (Å²) in [7, 11) is 0. The van der Waals surface area contributed by atoms with Crippen LogP contribution in [-0.4, -0.2) is 70.5 Å². The SMILES string of the molecule is O=C(O)C1CSCCN1C(=O)CCN1CCCC1. The van der Waals surface area contributed by atoms with Crippen molar-refractivity contribution in [2.45, 2.75) is 25.3 Å². The minimum atomic E-state index is -0.878. The molecule has 6 heteroatoms. The van der Waals surface area contributed by atoms with Gasteiger partial charge in [-0.15, -0.1) is 0 Å². The van der Waals surface area contributed by atoms with Gasteiger partial charge in [-0.2, -0.15) is 11.8 Å². The number of hydrogen-bond donors (Lipinski definition) is 1. The van der Waals surface area contributed by atoms with Crippen LogP contribution in [0.5, 0.6) is 0 Å². The third kappa shape index (κ3) is 3.38. The molecule has 2 fully saturated rings. The summed E-state index contributed by atoms with van der Waals surface area (Å²) in [6.45, 7) is 3.49. The first-order valence-electron chi connectivity index (χ1n) is 6.51. The molecule has 2 aliphatic heterocycles. The van der Waals surface area contributed by atoms with Crippen LogP contribution >= 0.6 is 11.8 Å². The molecule has 0 bridgehead atoms. The zero-order valence-corrected chi connectivity index (χ0v) is 11.3. The third-order valence-corrected chi connectivity index (χ3v) is 4.60. The van der Waals surface area contributed by atoms with Crippen molar-refractivity contribution in [3.05, 3.63) is 0 Å². The van der Waals surface area contributed by atoms with E-state index in [4.69, 9.17) is 5.11 Å². The second-order valence-corrected chi connectivity index (χ2v) is 5.96. The predicted molar refractivity (Wildman–Crippen MR) is 70.8 cm³/mol. The first-order valence-corrected chi connectivity index (χ1v) is 7.66. The first-order chi connectivity index (χ1) is 8.68. The maximum atomic E-state index is 12.1. The minimum absolute atomic E-state index is 0.00500. The highest BCUT2D eigenvalue weighted by atomic mass is 32.2. The van der Waals surface area contributed by atoms with Crippen LogP contribution in [0.3, 0.4) is 0 Å². The number of carboxylic acid groups (broad SMARTS) is 1. The number of rotatable bonds is 4. The van der Waals surface area contributed by atoms with Crippen LogP contribution in [0.15, 0.2) is 0 Å². The Bertz CT molecular complexity index is 318. The van der Waals surface area contributed by atoms with Crippen molar-refractivity contribution >= 4 is 23.6 Å². The lowest BCUT2D eigenvalue weighted by molar-refractivity contribution is -0.149. The van der Waals surface area contributed by atoms with Crippen LogP contribution in [0.25, 0.3) is 0 Å². The zero-order chi connectivity index (χ0) is 13.0. The molecule has 1 amide bonds. The Morgan fingerprint density at radius 3 is 2.61 bits per heavy atom. The highest BCUT2D eigenvalue weighted by molar-refractivity contribution is 7.99. The standard InChI is InChI=1S/C12H20N2O3S/c15-11(3-6-13-4-1-2-5-13)14-7-8-18-9-10(14)12(16)17/h10H,1-9H2,(H,16,17). The summed E-state index contributed by atoms with van der Waals surface area (Å²) < 4.78 is 0. The summed E-state index contributed by atoms with van der Waals surface area (Å²) in [5.74, 6) is 0.482. The van der Waals surface area contributed by atoms with Crippen LogP contribution in [0.1, 0.15) is 19.3 Å². The van der Waals surface area contributed by atoms with Crippen LogP contribution in [-0.2, 0) is 9.59 Å². The Kier molecular flexibility index (Phi) is 4.88.